The average Bonchev–Trinajstić information content (AvgIpc) is 1.64. The molecular weight excluding hydrogens is 1450 g/mol. The van der Waals surface area contributed by atoms with Crippen LogP contribution in [0.4, 0.5) is 0 Å². The number of nitrogens with one attached hydrogen (secondary N) is 1. The van der Waals surface area contributed by atoms with Crippen LogP contribution in [0, 0.1) is 27.7 Å². The maximum Gasteiger partial charge on any atom is 0.163 e. The van der Waals surface area contributed by atoms with Crippen molar-refractivity contribution in [1.29, 1.82) is 0 Å². The normalized spacial score (nSPS) is 9.91. The van der Waals surface area contributed by atoms with Gasteiger partial charge in [-0.3, -0.25) is 0 Å². The van der Waals surface area contributed by atoms with E-state index < -0.39 is 0 Å². The lowest BCUT2D eigenvalue weighted by atomic mass is 10.2. The molecular formula is C110H117N7S. The molecule has 8 heteroatoms. The van der Waals surface area contributed by atoms with Gasteiger partial charge >= 0.3 is 0 Å². The molecule has 598 valence electrons. The molecule has 118 heavy (non-hydrogen) atoms. The molecule has 0 radical (unpaired) electrons. The number of hydrogen-bond acceptors (Lipinski definition) is 4. The standard InChI is InChI=1S/C16H13N3.3C13H11N.C12H9N.C12H8S.3C7H8.5C2H6/c1-12-17-15(13-8-4-2-5-9-13)19-16(18-12)14-10-6-3-7-11-14;3*1-14-12-8-4-2-6-10(12)11-7-3-5-9-13(11)14;2*1-3-7-11-9(5-1)10-6-2-4-8-12(10)13-11;3*1-7-5-3-2-4-6-7;5*1-2/h2-11H,1H3;3*2-9H,1H3;1-8,13H;1-8H;3*2-6H,1H3;5*1-2H3. The number of aromatic amines is 1. The summed E-state index contributed by atoms with van der Waals surface area (Å²) in [4.78, 5) is 16.7. The summed E-state index contributed by atoms with van der Waals surface area (Å²) in [6.45, 7) is 28.1. The number of para-hydroxylation sites is 8. The second-order valence-electron chi connectivity index (χ2n) is 26.3. The Kier molecular flexibility index (Phi) is 37.4. The van der Waals surface area contributed by atoms with Crippen molar-refractivity contribution in [2.45, 2.75) is 96.9 Å². The molecule has 0 saturated heterocycles. The van der Waals surface area contributed by atoms with E-state index in [9.17, 15) is 0 Å². The summed E-state index contributed by atoms with van der Waals surface area (Å²) in [7, 11) is 6.35. The summed E-state index contributed by atoms with van der Waals surface area (Å²) in [5.41, 5.74) is 16.2. The fourth-order valence-corrected chi connectivity index (χ4v) is 14.5. The van der Waals surface area contributed by atoms with Crippen LogP contribution in [0.2, 0.25) is 0 Å². The largest absolute Gasteiger partial charge is 0.355 e. The van der Waals surface area contributed by atoms with Gasteiger partial charge in [0.05, 0.1) is 0 Å². The Labute approximate surface area is 705 Å². The van der Waals surface area contributed by atoms with Crippen LogP contribution >= 0.6 is 11.3 Å². The number of aryl methyl sites for hydroxylation is 7. The molecule has 0 aliphatic heterocycles. The molecule has 21 rings (SSSR count). The van der Waals surface area contributed by atoms with Crippen molar-refractivity contribution in [1.82, 2.24) is 33.6 Å². The Balaban J connectivity index is 0.000000166. The van der Waals surface area contributed by atoms with Crippen molar-refractivity contribution in [3.8, 4) is 22.8 Å². The third kappa shape index (κ3) is 24.4. The van der Waals surface area contributed by atoms with Crippen LogP contribution in [-0.4, -0.2) is 33.6 Å². The highest BCUT2D eigenvalue weighted by Gasteiger charge is 2.11. The van der Waals surface area contributed by atoms with Crippen LogP contribution in [-0.2, 0) is 21.1 Å². The number of hydrogen-bond donors (Lipinski definition) is 1. The van der Waals surface area contributed by atoms with Crippen LogP contribution in [0.3, 0.4) is 0 Å². The first-order valence-corrected chi connectivity index (χ1v) is 42.3. The third-order valence-electron chi connectivity index (χ3n) is 18.8. The van der Waals surface area contributed by atoms with Gasteiger partial charge in [-0.25, -0.2) is 15.0 Å². The minimum Gasteiger partial charge on any atom is -0.355 e. The van der Waals surface area contributed by atoms with Crippen molar-refractivity contribution in [2.75, 3.05) is 0 Å². The number of H-pyrrole nitrogens is 1. The van der Waals surface area contributed by atoms with Gasteiger partial charge in [-0.15, -0.1) is 11.3 Å². The predicted molar refractivity (Wildman–Crippen MR) is 522 cm³/mol. The minimum atomic E-state index is 0.715. The van der Waals surface area contributed by atoms with Crippen LogP contribution in [0.1, 0.15) is 91.8 Å². The second-order valence-corrected chi connectivity index (χ2v) is 27.4. The Morgan fingerprint density at radius 1 is 0.203 bits per heavy atom. The number of rotatable bonds is 2. The SMILES string of the molecule is CC.CC.CC.CC.CC.Cc1ccccc1.Cc1ccccc1.Cc1ccccc1.Cc1nc(-c2ccccc2)nc(-c2ccccc2)n1.Cn1c2ccccc2c2ccccc21.Cn1c2ccccc2c2ccccc21.Cn1c2ccccc2c2ccccc21.c1ccc2c(c1)[nH]c1ccccc12.c1ccc2c(c1)sc1ccccc12. The molecule has 0 atom stereocenters. The lowest BCUT2D eigenvalue weighted by Gasteiger charge is -2.05. The van der Waals surface area contributed by atoms with Crippen molar-refractivity contribution in [3.63, 3.8) is 0 Å². The van der Waals surface area contributed by atoms with Crippen molar-refractivity contribution in [2.24, 2.45) is 21.1 Å². The Bertz CT molecular complexity index is 5620. The van der Waals surface area contributed by atoms with Crippen LogP contribution < -0.4 is 0 Å². The summed E-state index contributed by atoms with van der Waals surface area (Å²) in [5.74, 6) is 2.16. The fourth-order valence-electron chi connectivity index (χ4n) is 13.3. The van der Waals surface area contributed by atoms with Gasteiger partial charge in [0.15, 0.2) is 11.6 Å². The Hall–Kier alpha value is -13.3. The van der Waals surface area contributed by atoms with E-state index in [2.05, 4.69) is 355 Å². The molecule has 0 fully saturated rings. The van der Waals surface area contributed by atoms with Gasteiger partial charge in [0.2, 0.25) is 0 Å². The van der Waals surface area contributed by atoms with Crippen LogP contribution in [0.5, 0.6) is 0 Å². The summed E-state index contributed by atoms with van der Waals surface area (Å²) in [6.07, 6.45) is 0. The summed E-state index contributed by atoms with van der Waals surface area (Å²) in [5, 5.41) is 13.4. The molecule has 0 aliphatic carbocycles. The number of benzene rings is 15. The van der Waals surface area contributed by atoms with Gasteiger partial charge < -0.3 is 18.7 Å². The van der Waals surface area contributed by atoms with E-state index in [0.717, 1.165) is 17.0 Å². The molecule has 0 amide bonds. The van der Waals surface area contributed by atoms with Gasteiger partial charge in [0.1, 0.15) is 5.82 Å². The van der Waals surface area contributed by atoms with Crippen LogP contribution in [0.15, 0.2) is 394 Å². The third-order valence-corrected chi connectivity index (χ3v) is 19.9. The molecule has 21 aromatic rings. The summed E-state index contributed by atoms with van der Waals surface area (Å²) >= 11 is 1.86. The lowest BCUT2D eigenvalue weighted by molar-refractivity contribution is 0.992. The van der Waals surface area contributed by atoms with E-state index >= 15 is 0 Å². The molecule has 0 spiro atoms. The zero-order chi connectivity index (χ0) is 84.4. The number of nitrogens with zero attached hydrogens (tertiary/aromatic N) is 6. The van der Waals surface area contributed by atoms with Gasteiger partial charge in [0.25, 0.3) is 0 Å². The quantitative estimate of drug-likeness (QED) is 0.188. The highest BCUT2D eigenvalue weighted by atomic mass is 32.1. The molecule has 0 bridgehead atoms. The van der Waals surface area contributed by atoms with E-state index in [1.54, 1.807) is 0 Å². The van der Waals surface area contributed by atoms with Crippen molar-refractivity contribution in [3.05, 3.63) is 417 Å². The molecule has 0 saturated carbocycles. The number of aromatic nitrogens is 7. The first kappa shape index (κ1) is 90.3. The molecule has 0 unspecified atom stereocenters. The molecule has 7 nitrogen and oxygen atoms in total. The first-order valence-electron chi connectivity index (χ1n) is 41.5. The molecule has 0 aliphatic rings. The van der Waals surface area contributed by atoms with Crippen LogP contribution in [0.25, 0.3) is 130 Å². The number of fused-ring (bicyclic) bond motifs is 15. The van der Waals surface area contributed by atoms with E-state index in [1.807, 2.05) is 203 Å². The van der Waals surface area contributed by atoms with E-state index in [-0.39, 0.29) is 0 Å². The van der Waals surface area contributed by atoms with Crippen molar-refractivity contribution >= 4 is 119 Å². The first-order chi connectivity index (χ1) is 58.0. The Morgan fingerprint density at radius 2 is 0.398 bits per heavy atom. The summed E-state index contributed by atoms with van der Waals surface area (Å²) < 4.78 is 9.48. The zero-order valence-corrected chi connectivity index (χ0v) is 72.9. The summed E-state index contributed by atoms with van der Waals surface area (Å²) in [6, 6.07) is 136. The number of thiophene rings is 1. The lowest BCUT2D eigenvalue weighted by Crippen LogP contribution is -1.99. The molecule has 6 aromatic heterocycles. The van der Waals surface area contributed by atoms with Gasteiger partial charge in [-0.1, -0.05) is 420 Å². The highest BCUT2D eigenvalue weighted by molar-refractivity contribution is 7.25. The van der Waals surface area contributed by atoms with Gasteiger partial charge in [-0.05, 0) is 88.4 Å². The maximum absolute atomic E-state index is 4.55. The van der Waals surface area contributed by atoms with E-state index in [0.29, 0.717) is 11.6 Å². The fraction of sp³-hybridized carbons (Fsp3) is 0.155. The van der Waals surface area contributed by atoms with Gasteiger partial charge in [0, 0.05) is 140 Å². The monoisotopic (exact) mass is 1570 g/mol. The predicted octanol–water partition coefficient (Wildman–Crippen LogP) is 32.0. The topological polar surface area (TPSA) is 69.2 Å². The zero-order valence-electron chi connectivity index (χ0n) is 72.1. The maximum atomic E-state index is 4.55. The molecule has 6 heterocycles. The van der Waals surface area contributed by atoms with E-state index in [4.69, 9.17) is 0 Å². The average molecular weight is 1570 g/mol. The van der Waals surface area contributed by atoms with Crippen molar-refractivity contribution < 1.29 is 0 Å². The van der Waals surface area contributed by atoms with Gasteiger partial charge in [-0.2, -0.15) is 0 Å². The second kappa shape index (κ2) is 48.8. The van der Waals surface area contributed by atoms with E-state index in [1.165, 1.54) is 124 Å². The Morgan fingerprint density at radius 3 is 0.636 bits per heavy atom. The molecule has 15 aromatic carbocycles. The highest BCUT2D eigenvalue weighted by Crippen LogP contribution is 2.34. The smallest absolute Gasteiger partial charge is 0.163 e. The minimum absolute atomic E-state index is 0.715. The molecule has 1 N–H and O–H groups in total.